The largest absolute Gasteiger partial charge is 0.295 e. The molecule has 13 heavy (non-hydrogen) atoms. The molecule has 0 aromatic carbocycles. The van der Waals surface area contributed by atoms with Crippen molar-refractivity contribution in [3.8, 4) is 0 Å². The number of hydrogen-bond donors (Lipinski definition) is 0. The first-order valence-electron chi connectivity index (χ1n) is 4.52. The Kier molecular flexibility index (Phi) is 2.13. The maximum absolute atomic E-state index is 12.7. The third-order valence-electron chi connectivity index (χ3n) is 2.39. The van der Waals surface area contributed by atoms with Crippen LogP contribution < -0.4 is 0 Å². The predicted molar refractivity (Wildman–Crippen MR) is 49.1 cm³/mol. The minimum absolute atomic E-state index is 0.187. The van der Waals surface area contributed by atoms with Crippen molar-refractivity contribution in [1.82, 2.24) is 0 Å². The average Bonchev–Trinajstić information content (AvgIpc) is 2.53. The lowest BCUT2D eigenvalue weighted by Crippen LogP contribution is -1.99. The second kappa shape index (κ2) is 3.29. The molecule has 1 atom stereocenters. The van der Waals surface area contributed by atoms with Gasteiger partial charge in [0.25, 0.3) is 0 Å². The van der Waals surface area contributed by atoms with E-state index in [2.05, 4.69) is 0 Å². The molecule has 0 saturated carbocycles. The first-order valence-corrected chi connectivity index (χ1v) is 4.52. The molecule has 0 amide bonds. The van der Waals surface area contributed by atoms with Gasteiger partial charge in [-0.3, -0.25) is 4.79 Å². The zero-order valence-corrected chi connectivity index (χ0v) is 7.29. The minimum Gasteiger partial charge on any atom is -0.295 e. The van der Waals surface area contributed by atoms with E-state index in [1.54, 1.807) is 18.2 Å². The summed E-state index contributed by atoms with van der Waals surface area (Å²) in [6.45, 7) is 0. The van der Waals surface area contributed by atoms with Crippen molar-refractivity contribution in [1.29, 1.82) is 0 Å². The Balaban J connectivity index is 2.15. The van der Waals surface area contributed by atoms with Crippen molar-refractivity contribution in [3.63, 3.8) is 0 Å². The average molecular weight is 178 g/mol. The van der Waals surface area contributed by atoms with Gasteiger partial charge in [-0.15, -0.1) is 0 Å². The molecule has 0 heterocycles. The molecule has 2 aliphatic carbocycles. The highest BCUT2D eigenvalue weighted by Gasteiger charge is 2.16. The molecule has 68 valence electrons. The Labute approximate surface area is 76.6 Å². The fourth-order valence-corrected chi connectivity index (χ4v) is 1.66. The molecule has 0 fully saturated rings. The van der Waals surface area contributed by atoms with E-state index in [0.717, 1.165) is 17.6 Å². The van der Waals surface area contributed by atoms with Gasteiger partial charge in [-0.2, -0.15) is 0 Å². The van der Waals surface area contributed by atoms with Gasteiger partial charge < -0.3 is 0 Å². The second-order valence-corrected chi connectivity index (χ2v) is 3.41. The quantitative estimate of drug-likeness (QED) is 0.603. The maximum Gasteiger partial charge on any atom is 0.156 e. The lowest BCUT2D eigenvalue weighted by Gasteiger charge is -2.09. The number of carbonyl (C=O) groups is 1. The van der Waals surface area contributed by atoms with Gasteiger partial charge in [0.2, 0.25) is 0 Å². The number of carbonyl (C=O) groups excluding carboxylic acids is 1. The second-order valence-electron chi connectivity index (χ2n) is 3.41. The van der Waals surface area contributed by atoms with Gasteiger partial charge in [-0.1, -0.05) is 12.2 Å². The summed E-state index contributed by atoms with van der Waals surface area (Å²) < 4.78 is 12.7. The summed E-state index contributed by atoms with van der Waals surface area (Å²) in [5.74, 6) is 0.187. The van der Waals surface area contributed by atoms with Crippen LogP contribution in [0.25, 0.3) is 0 Å². The molecule has 2 heteroatoms. The number of ketones is 1. The van der Waals surface area contributed by atoms with Gasteiger partial charge in [0.15, 0.2) is 5.78 Å². The van der Waals surface area contributed by atoms with Gasteiger partial charge in [-0.25, -0.2) is 4.39 Å². The summed E-state index contributed by atoms with van der Waals surface area (Å²) in [6.07, 6.45) is 7.89. The Morgan fingerprint density at radius 1 is 1.38 bits per heavy atom. The minimum atomic E-state index is -0.846. The zero-order valence-electron chi connectivity index (χ0n) is 7.29. The summed E-state index contributed by atoms with van der Waals surface area (Å²) >= 11 is 0. The van der Waals surface area contributed by atoms with Crippen LogP contribution in [-0.4, -0.2) is 12.0 Å². The predicted octanol–water partition coefficient (Wildman–Crippen LogP) is 2.50. The molecule has 1 unspecified atom stereocenters. The molecule has 0 radical (unpaired) electrons. The van der Waals surface area contributed by atoms with Gasteiger partial charge in [0.1, 0.15) is 6.17 Å². The van der Waals surface area contributed by atoms with Crippen LogP contribution >= 0.6 is 0 Å². The summed E-state index contributed by atoms with van der Waals surface area (Å²) in [5, 5.41) is 0. The van der Waals surface area contributed by atoms with Crippen molar-refractivity contribution < 1.29 is 9.18 Å². The molecule has 2 rings (SSSR count). The van der Waals surface area contributed by atoms with Crippen LogP contribution in [0, 0.1) is 0 Å². The Hall–Kier alpha value is -1.18. The fraction of sp³-hybridized carbons (Fsp3) is 0.364. The first-order chi connectivity index (χ1) is 6.25. The van der Waals surface area contributed by atoms with Gasteiger partial charge in [0, 0.05) is 12.8 Å². The Morgan fingerprint density at radius 3 is 2.77 bits per heavy atom. The van der Waals surface area contributed by atoms with Crippen molar-refractivity contribution >= 4 is 5.78 Å². The monoisotopic (exact) mass is 178 g/mol. The van der Waals surface area contributed by atoms with E-state index >= 15 is 0 Å². The van der Waals surface area contributed by atoms with Crippen molar-refractivity contribution in [2.75, 3.05) is 0 Å². The van der Waals surface area contributed by atoms with Crippen molar-refractivity contribution in [3.05, 3.63) is 35.5 Å². The lowest BCUT2D eigenvalue weighted by molar-refractivity contribution is -0.114. The van der Waals surface area contributed by atoms with E-state index in [-0.39, 0.29) is 5.78 Å². The van der Waals surface area contributed by atoms with Crippen LogP contribution in [0.1, 0.15) is 19.3 Å². The topological polar surface area (TPSA) is 17.1 Å². The summed E-state index contributed by atoms with van der Waals surface area (Å²) in [4.78, 5) is 11.0. The SMILES string of the molecule is O=C1C=C(C2=CCC(F)C=C2)CC1. The van der Waals surface area contributed by atoms with E-state index in [0.29, 0.717) is 12.8 Å². The molecule has 0 aromatic rings. The van der Waals surface area contributed by atoms with Crippen LogP contribution in [0.3, 0.4) is 0 Å². The first kappa shape index (κ1) is 8.42. The van der Waals surface area contributed by atoms with E-state index in [9.17, 15) is 9.18 Å². The zero-order chi connectivity index (χ0) is 9.26. The Bertz CT molecular complexity index is 323. The van der Waals surface area contributed by atoms with Crippen LogP contribution in [-0.2, 0) is 4.79 Å². The molecule has 0 aromatic heterocycles. The number of allylic oxidation sites excluding steroid dienone is 6. The molecular weight excluding hydrogens is 167 g/mol. The molecule has 1 nitrogen and oxygen atoms in total. The van der Waals surface area contributed by atoms with Crippen molar-refractivity contribution in [2.24, 2.45) is 0 Å². The van der Waals surface area contributed by atoms with E-state index in [1.165, 1.54) is 0 Å². The number of hydrogen-bond acceptors (Lipinski definition) is 1. The van der Waals surface area contributed by atoms with Crippen LogP contribution in [0.4, 0.5) is 4.39 Å². The highest BCUT2D eigenvalue weighted by molar-refractivity contribution is 5.94. The van der Waals surface area contributed by atoms with Crippen LogP contribution in [0.2, 0.25) is 0 Å². The summed E-state index contributed by atoms with van der Waals surface area (Å²) in [7, 11) is 0. The number of halogens is 1. The third-order valence-corrected chi connectivity index (χ3v) is 2.39. The number of rotatable bonds is 1. The van der Waals surface area contributed by atoms with Crippen LogP contribution in [0.15, 0.2) is 35.5 Å². The van der Waals surface area contributed by atoms with E-state index < -0.39 is 6.17 Å². The molecule has 2 aliphatic rings. The molecule has 0 bridgehead atoms. The lowest BCUT2D eigenvalue weighted by atomic mass is 9.98. The molecule has 0 aliphatic heterocycles. The third kappa shape index (κ3) is 1.77. The van der Waals surface area contributed by atoms with Crippen LogP contribution in [0.5, 0.6) is 0 Å². The highest BCUT2D eigenvalue weighted by atomic mass is 19.1. The van der Waals surface area contributed by atoms with Gasteiger partial charge in [-0.05, 0) is 29.7 Å². The fourth-order valence-electron chi connectivity index (χ4n) is 1.66. The van der Waals surface area contributed by atoms with Gasteiger partial charge in [0.05, 0.1) is 0 Å². The highest BCUT2D eigenvalue weighted by Crippen LogP contribution is 2.26. The van der Waals surface area contributed by atoms with E-state index in [4.69, 9.17) is 0 Å². The summed E-state index contributed by atoms with van der Waals surface area (Å²) in [5.41, 5.74) is 2.09. The molecular formula is C11H11FO. The molecule has 0 N–H and O–H groups in total. The van der Waals surface area contributed by atoms with E-state index in [1.807, 2.05) is 6.08 Å². The Morgan fingerprint density at radius 2 is 2.23 bits per heavy atom. The number of alkyl halides is 1. The molecule has 0 spiro atoms. The summed E-state index contributed by atoms with van der Waals surface area (Å²) in [6, 6.07) is 0. The standard InChI is InChI=1S/C11H11FO/c12-10-4-1-8(2-5-10)9-3-6-11(13)7-9/h1-2,4,7,10H,3,5-6H2. The molecule has 0 saturated heterocycles. The van der Waals surface area contributed by atoms with Crippen molar-refractivity contribution in [2.45, 2.75) is 25.4 Å². The maximum atomic E-state index is 12.7. The normalized spacial score (nSPS) is 27.5. The van der Waals surface area contributed by atoms with Gasteiger partial charge >= 0.3 is 0 Å². The smallest absolute Gasteiger partial charge is 0.156 e.